The number of methoxy groups -OCH3 is 1. The maximum atomic E-state index is 12.5. The van der Waals surface area contributed by atoms with Crippen molar-refractivity contribution in [2.75, 3.05) is 7.11 Å². The van der Waals surface area contributed by atoms with Gasteiger partial charge in [-0.15, -0.1) is 0 Å². The summed E-state index contributed by atoms with van der Waals surface area (Å²) in [5.74, 6) is 0.0307. The molecule has 0 aliphatic heterocycles. The van der Waals surface area contributed by atoms with Crippen molar-refractivity contribution >= 4 is 12.7 Å². The zero-order valence-electron chi connectivity index (χ0n) is 13.8. The van der Waals surface area contributed by atoms with Crippen LogP contribution in [-0.4, -0.2) is 18.7 Å². The molecule has 0 atom stereocenters. The normalized spacial score (nSPS) is 13.2. The average Bonchev–Trinajstić information content (AvgIpc) is 2.95. The van der Waals surface area contributed by atoms with Crippen LogP contribution >= 0.6 is 0 Å². The van der Waals surface area contributed by atoms with Crippen molar-refractivity contribution < 1.29 is 22.7 Å². The molecule has 7 heteroatoms. The number of halogens is 2. The molecular formula is C19H15F2NO4. The molecule has 134 valence electrons. The lowest BCUT2D eigenvalue weighted by Crippen LogP contribution is -2.20. The van der Waals surface area contributed by atoms with E-state index in [9.17, 15) is 13.6 Å². The van der Waals surface area contributed by atoms with E-state index >= 15 is 0 Å². The molecule has 3 aromatic rings. The molecular weight excluding hydrogens is 344 g/mol. The van der Waals surface area contributed by atoms with Gasteiger partial charge in [0, 0.05) is 5.22 Å². The predicted octanol–water partition coefficient (Wildman–Crippen LogP) is 2.10. The summed E-state index contributed by atoms with van der Waals surface area (Å²) in [6.45, 7) is 0.894. The third-order valence-electron chi connectivity index (χ3n) is 3.64. The van der Waals surface area contributed by atoms with Crippen LogP contribution in [0.15, 0.2) is 51.7 Å². The first-order valence-corrected chi connectivity index (χ1v) is 7.60. The van der Waals surface area contributed by atoms with E-state index in [1.54, 1.807) is 24.3 Å². The molecule has 0 unspecified atom stereocenters. The van der Waals surface area contributed by atoms with Gasteiger partial charge < -0.3 is 18.9 Å². The van der Waals surface area contributed by atoms with E-state index in [1.807, 2.05) is 6.07 Å². The van der Waals surface area contributed by atoms with Crippen molar-refractivity contribution in [3.8, 4) is 11.5 Å². The first-order valence-electron chi connectivity index (χ1n) is 7.60. The second-order valence-electron chi connectivity index (χ2n) is 5.35. The molecule has 0 saturated carbocycles. The first kappa shape index (κ1) is 17.5. The molecule has 1 aromatic heterocycles. The predicted molar refractivity (Wildman–Crippen MR) is 91.4 cm³/mol. The number of aromatic amines is 1. The first-order chi connectivity index (χ1) is 12.5. The fraction of sp³-hybridized carbons (Fsp3) is 0.105. The lowest BCUT2D eigenvalue weighted by molar-refractivity contribution is -0.0512. The summed E-state index contributed by atoms with van der Waals surface area (Å²) in [4.78, 5) is 15.0. The Labute approximate surface area is 146 Å². The summed E-state index contributed by atoms with van der Waals surface area (Å²) in [5.41, 5.74) is 0.143. The number of rotatable bonds is 4. The second kappa shape index (κ2) is 7.26. The van der Waals surface area contributed by atoms with Gasteiger partial charge in [0.2, 0.25) is 5.55 Å². The fourth-order valence-electron chi connectivity index (χ4n) is 2.44. The van der Waals surface area contributed by atoms with Crippen molar-refractivity contribution in [3.05, 3.63) is 79.8 Å². The summed E-state index contributed by atoms with van der Waals surface area (Å²) in [5, 5.41) is 1.51. The summed E-state index contributed by atoms with van der Waals surface area (Å²) < 4.78 is 39.7. The van der Waals surface area contributed by atoms with Gasteiger partial charge in [0.15, 0.2) is 11.5 Å². The monoisotopic (exact) mass is 359 g/mol. The maximum absolute atomic E-state index is 12.5. The standard InChI is InChI=1S/C19H15F2NO4/c1-11-5-3-4-6-13(11)17-22-14(18(23)26-17)9-12-7-8-15(24-2)16(10-12)25-19(20)21/h3-10,19,22H,1H2,2H3/b14-9-,17-13?. The summed E-state index contributed by atoms with van der Waals surface area (Å²) >= 11 is 0. The number of hydrogen-bond acceptors (Lipinski definition) is 4. The average molecular weight is 359 g/mol. The number of alkyl halides is 2. The highest BCUT2D eigenvalue weighted by atomic mass is 19.3. The molecule has 1 heterocycles. The molecule has 1 N–H and O–H groups in total. The van der Waals surface area contributed by atoms with E-state index in [-0.39, 0.29) is 22.4 Å². The molecule has 0 saturated heterocycles. The third-order valence-corrected chi connectivity index (χ3v) is 3.64. The molecule has 26 heavy (non-hydrogen) atoms. The van der Waals surface area contributed by atoms with Crippen molar-refractivity contribution in [2.24, 2.45) is 0 Å². The van der Waals surface area contributed by atoms with Gasteiger partial charge in [-0.05, 0) is 35.1 Å². The van der Waals surface area contributed by atoms with Gasteiger partial charge in [-0.25, -0.2) is 4.79 Å². The van der Waals surface area contributed by atoms with E-state index in [2.05, 4.69) is 16.3 Å². The Morgan fingerprint density at radius 2 is 1.96 bits per heavy atom. The Kier molecular flexibility index (Phi) is 4.88. The highest BCUT2D eigenvalue weighted by Gasteiger charge is 2.11. The highest BCUT2D eigenvalue weighted by molar-refractivity contribution is 5.55. The van der Waals surface area contributed by atoms with Crippen LogP contribution in [0.3, 0.4) is 0 Å². The van der Waals surface area contributed by atoms with Crippen LogP contribution in [0.4, 0.5) is 8.78 Å². The third kappa shape index (κ3) is 3.66. The van der Waals surface area contributed by atoms with Crippen LogP contribution in [-0.2, 0) is 0 Å². The number of oxazole rings is 1. The molecule has 5 nitrogen and oxygen atoms in total. The van der Waals surface area contributed by atoms with Crippen LogP contribution < -0.4 is 25.7 Å². The minimum atomic E-state index is -2.99. The van der Waals surface area contributed by atoms with E-state index in [4.69, 9.17) is 9.15 Å². The minimum Gasteiger partial charge on any atom is -0.493 e. The SMILES string of the molecule is C=c1ccccc1=c1[nH]/c(=C\c2ccc(OC)c(OC(F)F)c2)c(=O)o1. The lowest BCUT2D eigenvalue weighted by atomic mass is 10.2. The zero-order valence-corrected chi connectivity index (χ0v) is 13.8. The Hall–Kier alpha value is -3.35. The highest BCUT2D eigenvalue weighted by Crippen LogP contribution is 2.29. The minimum absolute atomic E-state index is 0.129. The van der Waals surface area contributed by atoms with Crippen LogP contribution in [0.25, 0.3) is 12.7 Å². The van der Waals surface area contributed by atoms with Crippen LogP contribution in [0, 0.1) is 10.8 Å². The van der Waals surface area contributed by atoms with Gasteiger partial charge in [-0.1, -0.05) is 30.8 Å². The summed E-state index contributed by atoms with van der Waals surface area (Å²) in [7, 11) is 1.35. The molecule has 0 spiro atoms. The van der Waals surface area contributed by atoms with E-state index in [0.29, 0.717) is 16.0 Å². The quantitative estimate of drug-likeness (QED) is 0.775. The summed E-state index contributed by atoms with van der Waals surface area (Å²) in [6, 6.07) is 11.6. The van der Waals surface area contributed by atoms with Gasteiger partial charge in [0.05, 0.1) is 7.11 Å². The lowest BCUT2D eigenvalue weighted by Gasteiger charge is -2.10. The van der Waals surface area contributed by atoms with Crippen LogP contribution in [0.2, 0.25) is 0 Å². The fourth-order valence-corrected chi connectivity index (χ4v) is 2.44. The molecule has 3 rings (SSSR count). The Morgan fingerprint density at radius 1 is 1.19 bits per heavy atom. The number of ether oxygens (including phenoxy) is 2. The van der Waals surface area contributed by atoms with E-state index in [0.717, 1.165) is 0 Å². The van der Waals surface area contributed by atoms with E-state index < -0.39 is 12.2 Å². The van der Waals surface area contributed by atoms with Gasteiger partial charge in [0.25, 0.3) is 0 Å². The van der Waals surface area contributed by atoms with Gasteiger partial charge in [-0.3, -0.25) is 0 Å². The van der Waals surface area contributed by atoms with Crippen molar-refractivity contribution in [1.29, 1.82) is 0 Å². The second-order valence-corrected chi connectivity index (χ2v) is 5.35. The molecule has 0 aliphatic rings. The van der Waals surface area contributed by atoms with E-state index in [1.165, 1.54) is 25.3 Å². The number of hydrogen-bond donors (Lipinski definition) is 1. The number of aromatic nitrogens is 1. The number of H-pyrrole nitrogens is 1. The summed E-state index contributed by atoms with van der Waals surface area (Å²) in [6.07, 6.45) is 1.47. The molecule has 0 bridgehead atoms. The van der Waals surface area contributed by atoms with Gasteiger partial charge in [-0.2, -0.15) is 8.78 Å². The number of nitrogens with one attached hydrogen (secondary N) is 1. The Balaban J connectivity index is 2.16. The largest absolute Gasteiger partial charge is 0.493 e. The molecule has 2 aromatic carbocycles. The number of benzene rings is 2. The Morgan fingerprint density at radius 3 is 2.65 bits per heavy atom. The maximum Gasteiger partial charge on any atom is 0.387 e. The molecule has 0 fully saturated rings. The smallest absolute Gasteiger partial charge is 0.387 e. The molecule has 0 amide bonds. The van der Waals surface area contributed by atoms with Crippen LogP contribution in [0.1, 0.15) is 5.56 Å². The van der Waals surface area contributed by atoms with Crippen molar-refractivity contribution in [3.63, 3.8) is 0 Å². The van der Waals surface area contributed by atoms with Crippen molar-refractivity contribution in [2.45, 2.75) is 6.61 Å². The van der Waals surface area contributed by atoms with Crippen molar-refractivity contribution in [1.82, 2.24) is 4.98 Å². The van der Waals surface area contributed by atoms with Gasteiger partial charge >= 0.3 is 12.2 Å². The topological polar surface area (TPSA) is 64.5 Å². The zero-order chi connectivity index (χ0) is 18.7. The van der Waals surface area contributed by atoms with Gasteiger partial charge in [0.1, 0.15) is 5.35 Å². The Bertz CT molecular complexity index is 1180. The molecule has 0 radical (unpaired) electrons. The molecule has 0 aliphatic carbocycles. The van der Waals surface area contributed by atoms with Crippen LogP contribution in [0.5, 0.6) is 11.5 Å².